The Hall–Kier alpha value is -1.90. The molecular weight excluding hydrogens is 352 g/mol. The van der Waals surface area contributed by atoms with Gasteiger partial charge in [0.25, 0.3) is 10.0 Å². The second-order valence-electron chi connectivity index (χ2n) is 5.53. The minimum Gasteiger partial charge on any atom is -0.324 e. The van der Waals surface area contributed by atoms with E-state index in [1.807, 2.05) is 32.0 Å². The van der Waals surface area contributed by atoms with E-state index in [1.165, 1.54) is 17.9 Å². The van der Waals surface area contributed by atoms with Gasteiger partial charge in [-0.1, -0.05) is 29.8 Å². The van der Waals surface area contributed by atoms with Crippen molar-refractivity contribution in [3.8, 4) is 0 Å². The van der Waals surface area contributed by atoms with E-state index >= 15 is 0 Å². The molecule has 0 saturated carbocycles. The molecule has 0 aliphatic carbocycles. The Kier molecular flexibility index (Phi) is 5.32. The highest BCUT2D eigenvalue weighted by molar-refractivity contribution is 7.89. The molecule has 1 heterocycles. The molecule has 0 radical (unpaired) electrons. The summed E-state index contributed by atoms with van der Waals surface area (Å²) in [6.45, 7) is 3.40. The lowest BCUT2D eigenvalue weighted by Crippen LogP contribution is -2.35. The minimum atomic E-state index is -3.95. The molecule has 0 bridgehead atoms. The van der Waals surface area contributed by atoms with Gasteiger partial charge in [0, 0.05) is 19.8 Å². The number of rotatable bonds is 5. The maximum absolute atomic E-state index is 12.5. The molecule has 0 saturated heterocycles. The summed E-state index contributed by atoms with van der Waals surface area (Å²) in [6.07, 6.45) is 1.31. The molecule has 1 aromatic carbocycles. The molecule has 1 N–H and O–H groups in total. The summed E-state index contributed by atoms with van der Waals surface area (Å²) in [5.74, 6) is -0.439. The summed E-state index contributed by atoms with van der Waals surface area (Å²) in [6, 6.07) is 5.63. The normalized spacial score (nSPS) is 11.8. The number of hydrogen-bond acceptors (Lipinski definition) is 4. The molecule has 0 unspecified atom stereocenters. The number of nitrogens with one attached hydrogen (secondary N) is 1. The van der Waals surface area contributed by atoms with Crippen LogP contribution in [-0.4, -0.2) is 41.8 Å². The van der Waals surface area contributed by atoms with Crippen LogP contribution >= 0.6 is 11.6 Å². The lowest BCUT2D eigenvalue weighted by molar-refractivity contribution is -0.116. The third-order valence-corrected chi connectivity index (χ3v) is 5.90. The van der Waals surface area contributed by atoms with E-state index in [1.54, 1.807) is 7.05 Å². The van der Waals surface area contributed by atoms with Crippen molar-refractivity contribution >= 4 is 33.2 Å². The summed E-state index contributed by atoms with van der Waals surface area (Å²) < 4.78 is 27.3. The van der Waals surface area contributed by atoms with Crippen molar-refractivity contribution in [3.63, 3.8) is 0 Å². The zero-order valence-electron chi connectivity index (χ0n) is 13.9. The predicted octanol–water partition coefficient (Wildman–Crippen LogP) is 1.95. The first-order chi connectivity index (χ1) is 11.1. The average molecular weight is 371 g/mol. The van der Waals surface area contributed by atoms with Crippen LogP contribution in [0, 0.1) is 13.8 Å². The number of amides is 1. The SMILES string of the molecule is Cc1cccc(C)c1NC(=O)CN(C)S(=O)(=O)c1ncn(C)c1Cl. The Labute approximate surface area is 146 Å². The smallest absolute Gasteiger partial charge is 0.263 e. The Morgan fingerprint density at radius 2 is 1.92 bits per heavy atom. The molecule has 2 rings (SSSR count). The van der Waals surface area contributed by atoms with Gasteiger partial charge in [-0.3, -0.25) is 4.79 Å². The van der Waals surface area contributed by atoms with Gasteiger partial charge in [-0.15, -0.1) is 0 Å². The van der Waals surface area contributed by atoms with Gasteiger partial charge in [-0.05, 0) is 25.0 Å². The summed E-state index contributed by atoms with van der Waals surface area (Å²) in [4.78, 5) is 16.0. The number of carbonyl (C=O) groups excluding carboxylic acids is 1. The van der Waals surface area contributed by atoms with E-state index in [2.05, 4.69) is 10.3 Å². The van der Waals surface area contributed by atoms with Gasteiger partial charge in [0.1, 0.15) is 5.15 Å². The molecule has 0 aliphatic rings. The van der Waals surface area contributed by atoms with Crippen LogP contribution in [-0.2, 0) is 21.9 Å². The van der Waals surface area contributed by atoms with E-state index in [9.17, 15) is 13.2 Å². The quantitative estimate of drug-likeness (QED) is 0.871. The Morgan fingerprint density at radius 1 is 1.33 bits per heavy atom. The minimum absolute atomic E-state index is 0.00277. The molecule has 24 heavy (non-hydrogen) atoms. The van der Waals surface area contributed by atoms with Crippen LogP contribution < -0.4 is 5.32 Å². The Bertz CT molecular complexity index is 857. The number of nitrogens with zero attached hydrogens (tertiary/aromatic N) is 3. The van der Waals surface area contributed by atoms with Crippen molar-refractivity contribution in [3.05, 3.63) is 40.8 Å². The number of hydrogen-bond donors (Lipinski definition) is 1. The molecule has 1 aromatic heterocycles. The number of likely N-dealkylation sites (N-methyl/N-ethyl adjacent to an activating group) is 1. The third-order valence-electron chi connectivity index (χ3n) is 3.60. The maximum atomic E-state index is 12.5. The number of imidazole rings is 1. The summed E-state index contributed by atoms with van der Waals surface area (Å²) >= 11 is 5.94. The highest BCUT2D eigenvalue weighted by Crippen LogP contribution is 2.22. The van der Waals surface area contributed by atoms with Crippen LogP contribution in [0.1, 0.15) is 11.1 Å². The molecule has 7 nitrogen and oxygen atoms in total. The lowest BCUT2D eigenvalue weighted by Gasteiger charge is -2.17. The van der Waals surface area contributed by atoms with Gasteiger partial charge in [-0.25, -0.2) is 13.4 Å². The van der Waals surface area contributed by atoms with Gasteiger partial charge in [0.05, 0.1) is 12.9 Å². The number of halogens is 1. The first kappa shape index (κ1) is 18.4. The number of aryl methyl sites for hydroxylation is 3. The fourth-order valence-corrected chi connectivity index (χ4v) is 3.70. The zero-order valence-corrected chi connectivity index (χ0v) is 15.4. The molecule has 9 heteroatoms. The molecule has 0 spiro atoms. The largest absolute Gasteiger partial charge is 0.324 e. The Balaban J connectivity index is 2.15. The lowest BCUT2D eigenvalue weighted by atomic mass is 10.1. The van der Waals surface area contributed by atoms with E-state index in [0.717, 1.165) is 15.4 Å². The van der Waals surface area contributed by atoms with Crippen LogP contribution in [0.15, 0.2) is 29.6 Å². The third kappa shape index (κ3) is 3.61. The fourth-order valence-electron chi connectivity index (χ4n) is 2.19. The topological polar surface area (TPSA) is 84.3 Å². The molecular formula is C15H19ClN4O3S. The van der Waals surface area contributed by atoms with Gasteiger partial charge in [0.15, 0.2) is 0 Å². The number of benzene rings is 1. The van der Waals surface area contributed by atoms with Crippen molar-refractivity contribution in [1.29, 1.82) is 0 Å². The Morgan fingerprint density at radius 3 is 2.42 bits per heavy atom. The zero-order chi connectivity index (χ0) is 18.1. The maximum Gasteiger partial charge on any atom is 0.263 e. The number of aromatic nitrogens is 2. The van der Waals surface area contributed by atoms with Crippen LogP contribution in [0.4, 0.5) is 5.69 Å². The highest BCUT2D eigenvalue weighted by atomic mass is 35.5. The van der Waals surface area contributed by atoms with E-state index in [-0.39, 0.29) is 16.7 Å². The van der Waals surface area contributed by atoms with Crippen LogP contribution in [0.2, 0.25) is 5.15 Å². The van der Waals surface area contributed by atoms with Gasteiger partial charge in [-0.2, -0.15) is 4.31 Å². The molecule has 130 valence electrons. The second-order valence-corrected chi connectivity index (χ2v) is 7.85. The molecule has 0 atom stereocenters. The van der Waals surface area contributed by atoms with Crippen molar-refractivity contribution in [2.75, 3.05) is 18.9 Å². The molecule has 0 fully saturated rings. The van der Waals surface area contributed by atoms with Crippen molar-refractivity contribution in [2.24, 2.45) is 7.05 Å². The van der Waals surface area contributed by atoms with E-state index in [4.69, 9.17) is 11.6 Å². The van der Waals surface area contributed by atoms with E-state index in [0.29, 0.717) is 5.69 Å². The van der Waals surface area contributed by atoms with Crippen LogP contribution in [0.25, 0.3) is 0 Å². The number of carbonyl (C=O) groups is 1. The summed E-state index contributed by atoms with van der Waals surface area (Å²) in [5, 5.41) is 2.48. The monoisotopic (exact) mass is 370 g/mol. The first-order valence-electron chi connectivity index (χ1n) is 7.13. The predicted molar refractivity (Wildman–Crippen MR) is 92.6 cm³/mol. The summed E-state index contributed by atoms with van der Waals surface area (Å²) in [7, 11) is -1.05. The van der Waals surface area contributed by atoms with Crippen LogP contribution in [0.5, 0.6) is 0 Å². The molecule has 0 aliphatic heterocycles. The van der Waals surface area contributed by atoms with Gasteiger partial charge < -0.3 is 9.88 Å². The average Bonchev–Trinajstić information content (AvgIpc) is 2.83. The van der Waals surface area contributed by atoms with Gasteiger partial charge in [0.2, 0.25) is 10.9 Å². The fraction of sp³-hybridized carbons (Fsp3) is 0.333. The van der Waals surface area contributed by atoms with Crippen LogP contribution in [0.3, 0.4) is 0 Å². The number of sulfonamides is 1. The van der Waals surface area contributed by atoms with Crippen molar-refractivity contribution in [1.82, 2.24) is 13.9 Å². The van der Waals surface area contributed by atoms with Crippen molar-refractivity contribution < 1.29 is 13.2 Å². The second kappa shape index (κ2) is 6.92. The van der Waals surface area contributed by atoms with E-state index < -0.39 is 15.9 Å². The molecule has 2 aromatic rings. The molecule has 1 amide bonds. The number of anilines is 1. The summed E-state index contributed by atoms with van der Waals surface area (Å²) in [5.41, 5.74) is 2.49. The van der Waals surface area contributed by atoms with Gasteiger partial charge >= 0.3 is 0 Å². The number of para-hydroxylation sites is 1. The first-order valence-corrected chi connectivity index (χ1v) is 8.95. The standard InChI is InChI=1S/C15H19ClN4O3S/c1-10-6-5-7-11(2)13(10)18-12(21)8-20(4)24(22,23)15-14(16)19(3)9-17-15/h5-7,9H,8H2,1-4H3,(H,18,21). The van der Waals surface area contributed by atoms with Crippen molar-refractivity contribution in [2.45, 2.75) is 18.9 Å². The highest BCUT2D eigenvalue weighted by Gasteiger charge is 2.28.